The third-order valence-electron chi connectivity index (χ3n) is 3.04. The van der Waals surface area contributed by atoms with Crippen LogP contribution < -0.4 is 0 Å². The number of carboxylic acids is 1. The Kier molecular flexibility index (Phi) is 3.35. The fourth-order valence-electron chi connectivity index (χ4n) is 1.86. The van der Waals surface area contributed by atoms with Crippen LogP contribution in [0.5, 0.6) is 5.75 Å². The molecule has 0 aliphatic heterocycles. The summed E-state index contributed by atoms with van der Waals surface area (Å²) in [6, 6.07) is 6.41. The minimum atomic E-state index is -0.826. The molecule has 0 aliphatic carbocycles. The van der Waals surface area contributed by atoms with Crippen molar-refractivity contribution in [1.29, 1.82) is 0 Å². The van der Waals surface area contributed by atoms with E-state index in [9.17, 15) is 9.90 Å². The van der Waals surface area contributed by atoms with Gasteiger partial charge >= 0.3 is 5.97 Å². The van der Waals surface area contributed by atoms with E-state index in [1.54, 1.807) is 12.1 Å². The van der Waals surface area contributed by atoms with Gasteiger partial charge < -0.3 is 10.2 Å². The molecular weight excluding hydrogens is 192 g/mol. The molecule has 82 valence electrons. The Hall–Kier alpha value is -1.51. The summed E-state index contributed by atoms with van der Waals surface area (Å²) in [6.07, 6.45) is 1.09. The Morgan fingerprint density at radius 3 is 2.00 bits per heavy atom. The van der Waals surface area contributed by atoms with Crippen molar-refractivity contribution in [3.05, 3.63) is 29.8 Å². The van der Waals surface area contributed by atoms with E-state index in [-0.39, 0.29) is 5.75 Å². The maximum absolute atomic E-state index is 11.3. The van der Waals surface area contributed by atoms with E-state index in [1.807, 2.05) is 13.8 Å². The number of phenols is 1. The topological polar surface area (TPSA) is 57.5 Å². The molecule has 1 aromatic carbocycles. The van der Waals surface area contributed by atoms with Gasteiger partial charge in [-0.3, -0.25) is 4.79 Å². The van der Waals surface area contributed by atoms with Crippen LogP contribution in [0.25, 0.3) is 0 Å². The van der Waals surface area contributed by atoms with Crippen molar-refractivity contribution >= 4 is 5.97 Å². The summed E-state index contributed by atoms with van der Waals surface area (Å²) in [4.78, 5) is 11.3. The fourth-order valence-corrected chi connectivity index (χ4v) is 1.86. The molecule has 3 heteroatoms. The second kappa shape index (κ2) is 4.34. The zero-order chi connectivity index (χ0) is 11.5. The van der Waals surface area contributed by atoms with Crippen LogP contribution in [-0.2, 0) is 10.2 Å². The van der Waals surface area contributed by atoms with E-state index < -0.39 is 11.4 Å². The molecular formula is C12H16O3. The van der Waals surface area contributed by atoms with Crippen molar-refractivity contribution < 1.29 is 15.0 Å². The molecule has 3 nitrogen and oxygen atoms in total. The van der Waals surface area contributed by atoms with Crippen LogP contribution in [-0.4, -0.2) is 16.2 Å². The van der Waals surface area contributed by atoms with Crippen molar-refractivity contribution in [2.45, 2.75) is 32.1 Å². The summed E-state index contributed by atoms with van der Waals surface area (Å²) in [7, 11) is 0. The zero-order valence-electron chi connectivity index (χ0n) is 9.03. The Labute approximate surface area is 89.4 Å². The fraction of sp³-hybridized carbons (Fsp3) is 0.417. The third kappa shape index (κ3) is 1.96. The smallest absolute Gasteiger partial charge is 0.314 e. The summed E-state index contributed by atoms with van der Waals surface area (Å²) in [5.74, 6) is -0.650. The van der Waals surface area contributed by atoms with Gasteiger partial charge in [0.25, 0.3) is 0 Å². The molecule has 0 saturated heterocycles. The van der Waals surface area contributed by atoms with Crippen molar-refractivity contribution in [1.82, 2.24) is 0 Å². The highest BCUT2D eigenvalue weighted by Gasteiger charge is 2.36. The number of carbonyl (C=O) groups is 1. The van der Waals surface area contributed by atoms with Crippen LogP contribution in [0.2, 0.25) is 0 Å². The van der Waals surface area contributed by atoms with E-state index in [0.717, 1.165) is 5.56 Å². The predicted molar refractivity (Wildman–Crippen MR) is 58.0 cm³/mol. The predicted octanol–water partition coefficient (Wildman–Crippen LogP) is 2.53. The maximum Gasteiger partial charge on any atom is 0.314 e. The van der Waals surface area contributed by atoms with E-state index >= 15 is 0 Å². The average Bonchev–Trinajstić information content (AvgIpc) is 2.22. The molecule has 0 unspecified atom stereocenters. The van der Waals surface area contributed by atoms with Gasteiger partial charge in [-0.15, -0.1) is 0 Å². The molecule has 15 heavy (non-hydrogen) atoms. The molecule has 1 rings (SSSR count). The number of carboxylic acid groups (broad SMARTS) is 1. The van der Waals surface area contributed by atoms with E-state index in [4.69, 9.17) is 5.11 Å². The molecule has 0 amide bonds. The first kappa shape index (κ1) is 11.6. The van der Waals surface area contributed by atoms with E-state index in [1.165, 1.54) is 12.1 Å². The van der Waals surface area contributed by atoms with E-state index in [0.29, 0.717) is 12.8 Å². The number of aliphatic carboxylic acids is 1. The first-order chi connectivity index (χ1) is 7.06. The normalized spacial score (nSPS) is 11.3. The summed E-state index contributed by atoms with van der Waals surface area (Å²) < 4.78 is 0. The van der Waals surface area contributed by atoms with Crippen molar-refractivity contribution in [3.63, 3.8) is 0 Å². The van der Waals surface area contributed by atoms with Gasteiger partial charge in [0, 0.05) is 0 Å². The van der Waals surface area contributed by atoms with Crippen LogP contribution in [0.15, 0.2) is 24.3 Å². The lowest BCUT2D eigenvalue weighted by Crippen LogP contribution is -2.34. The second-order valence-corrected chi connectivity index (χ2v) is 3.64. The van der Waals surface area contributed by atoms with Gasteiger partial charge in [0.2, 0.25) is 0 Å². The summed E-state index contributed by atoms with van der Waals surface area (Å²) in [6.45, 7) is 3.73. The quantitative estimate of drug-likeness (QED) is 0.799. The Bertz CT molecular complexity index is 336. The number of benzene rings is 1. The highest BCUT2D eigenvalue weighted by atomic mass is 16.4. The van der Waals surface area contributed by atoms with Crippen molar-refractivity contribution in [3.8, 4) is 5.75 Å². The monoisotopic (exact) mass is 208 g/mol. The maximum atomic E-state index is 11.3. The van der Waals surface area contributed by atoms with Crippen molar-refractivity contribution in [2.24, 2.45) is 0 Å². The summed E-state index contributed by atoms with van der Waals surface area (Å²) in [5, 5.41) is 18.4. The minimum absolute atomic E-state index is 0.158. The highest BCUT2D eigenvalue weighted by Crippen LogP contribution is 2.32. The molecule has 0 fully saturated rings. The Morgan fingerprint density at radius 2 is 1.67 bits per heavy atom. The minimum Gasteiger partial charge on any atom is -0.508 e. The van der Waals surface area contributed by atoms with Gasteiger partial charge in [-0.25, -0.2) is 0 Å². The van der Waals surface area contributed by atoms with Crippen LogP contribution >= 0.6 is 0 Å². The van der Waals surface area contributed by atoms with Gasteiger partial charge in [0.1, 0.15) is 5.75 Å². The van der Waals surface area contributed by atoms with E-state index in [2.05, 4.69) is 0 Å². The van der Waals surface area contributed by atoms with Gasteiger partial charge in [-0.05, 0) is 30.5 Å². The van der Waals surface area contributed by atoms with Crippen LogP contribution in [0.1, 0.15) is 32.3 Å². The molecule has 0 spiro atoms. The zero-order valence-corrected chi connectivity index (χ0v) is 9.03. The number of hydrogen-bond acceptors (Lipinski definition) is 2. The third-order valence-corrected chi connectivity index (χ3v) is 3.04. The van der Waals surface area contributed by atoms with Gasteiger partial charge in [0.05, 0.1) is 5.41 Å². The standard InChI is InChI=1S/C12H16O3/c1-3-12(4-2,11(14)15)9-5-7-10(13)8-6-9/h5-8,13H,3-4H2,1-2H3,(H,14,15). The van der Waals surface area contributed by atoms with Gasteiger partial charge in [0.15, 0.2) is 0 Å². The number of hydrogen-bond donors (Lipinski definition) is 2. The van der Waals surface area contributed by atoms with Gasteiger partial charge in [-0.2, -0.15) is 0 Å². The Morgan fingerprint density at radius 1 is 1.20 bits per heavy atom. The molecule has 1 aromatic rings. The molecule has 0 aliphatic rings. The molecule has 0 heterocycles. The molecule has 0 radical (unpaired) electrons. The summed E-state index contributed by atoms with van der Waals surface area (Å²) >= 11 is 0. The second-order valence-electron chi connectivity index (χ2n) is 3.64. The molecule has 0 aromatic heterocycles. The lowest BCUT2D eigenvalue weighted by molar-refractivity contribution is -0.144. The highest BCUT2D eigenvalue weighted by molar-refractivity contribution is 5.81. The number of aromatic hydroxyl groups is 1. The number of rotatable bonds is 4. The molecule has 2 N–H and O–H groups in total. The lowest BCUT2D eigenvalue weighted by Gasteiger charge is -2.27. The first-order valence-electron chi connectivity index (χ1n) is 5.09. The summed E-state index contributed by atoms with van der Waals surface area (Å²) in [5.41, 5.74) is -0.0777. The lowest BCUT2D eigenvalue weighted by atomic mass is 9.76. The Balaban J connectivity index is 3.20. The number of phenolic OH excluding ortho intramolecular Hbond substituents is 1. The SMILES string of the molecule is CCC(CC)(C(=O)O)c1ccc(O)cc1. The van der Waals surface area contributed by atoms with Crippen molar-refractivity contribution in [2.75, 3.05) is 0 Å². The van der Waals surface area contributed by atoms with Crippen LogP contribution in [0.3, 0.4) is 0 Å². The van der Waals surface area contributed by atoms with Crippen LogP contribution in [0, 0.1) is 0 Å². The molecule has 0 bridgehead atoms. The van der Waals surface area contributed by atoms with Gasteiger partial charge in [-0.1, -0.05) is 26.0 Å². The molecule has 0 atom stereocenters. The first-order valence-corrected chi connectivity index (χ1v) is 5.09. The molecule has 0 saturated carbocycles. The van der Waals surface area contributed by atoms with Crippen LogP contribution in [0.4, 0.5) is 0 Å². The largest absolute Gasteiger partial charge is 0.508 e. The average molecular weight is 208 g/mol.